The van der Waals surface area contributed by atoms with Crippen molar-refractivity contribution in [3.8, 4) is 11.5 Å². The van der Waals surface area contributed by atoms with Gasteiger partial charge in [-0.15, -0.1) is 0 Å². The molecule has 1 fully saturated rings. The highest BCUT2D eigenvalue weighted by Crippen LogP contribution is 2.36. The number of phenols is 1. The van der Waals surface area contributed by atoms with Crippen molar-refractivity contribution in [3.63, 3.8) is 0 Å². The zero-order valence-corrected chi connectivity index (χ0v) is 17.3. The van der Waals surface area contributed by atoms with Crippen LogP contribution in [0, 0.1) is 0 Å². The van der Waals surface area contributed by atoms with E-state index in [1.807, 2.05) is 6.07 Å². The maximum absolute atomic E-state index is 12.9. The Kier molecular flexibility index (Phi) is 7.31. The molecule has 1 saturated heterocycles. The molecular formula is C23H26ClNO4. The van der Waals surface area contributed by atoms with Gasteiger partial charge in [0.05, 0.1) is 13.7 Å². The Bertz CT molecular complexity index is 904. The number of likely N-dealkylation sites (tertiary alicyclic amines) is 1. The van der Waals surface area contributed by atoms with Gasteiger partial charge in [0, 0.05) is 17.1 Å². The van der Waals surface area contributed by atoms with Crippen LogP contribution in [0.5, 0.6) is 11.5 Å². The Balaban J connectivity index is 1.95. The van der Waals surface area contributed by atoms with Gasteiger partial charge in [0.15, 0.2) is 5.78 Å². The van der Waals surface area contributed by atoms with Crippen molar-refractivity contribution in [1.29, 1.82) is 0 Å². The van der Waals surface area contributed by atoms with Crippen molar-refractivity contribution < 1.29 is 19.7 Å². The fourth-order valence-corrected chi connectivity index (χ4v) is 3.86. The molecule has 0 saturated carbocycles. The van der Waals surface area contributed by atoms with Crippen LogP contribution in [-0.4, -0.2) is 41.1 Å². The summed E-state index contributed by atoms with van der Waals surface area (Å²) in [5.74, 6) is -0.252. The van der Waals surface area contributed by atoms with Crippen LogP contribution in [0.1, 0.15) is 46.3 Å². The molecule has 2 aromatic rings. The van der Waals surface area contributed by atoms with Crippen molar-refractivity contribution >= 4 is 23.5 Å². The van der Waals surface area contributed by atoms with Crippen LogP contribution in [0.3, 0.4) is 0 Å². The number of allylic oxidation sites excluding steroid dienone is 1. The molecule has 1 heterocycles. The van der Waals surface area contributed by atoms with Gasteiger partial charge in [-0.25, -0.2) is 0 Å². The molecule has 154 valence electrons. The summed E-state index contributed by atoms with van der Waals surface area (Å²) in [6, 6.07) is 8.79. The van der Waals surface area contributed by atoms with E-state index in [2.05, 4.69) is 4.90 Å². The lowest BCUT2D eigenvalue weighted by Gasteiger charge is -2.28. The number of aliphatic hydroxyl groups excluding tert-OH is 1. The summed E-state index contributed by atoms with van der Waals surface area (Å²) in [7, 11) is 1.44. The predicted molar refractivity (Wildman–Crippen MR) is 115 cm³/mol. The molecular weight excluding hydrogens is 390 g/mol. The summed E-state index contributed by atoms with van der Waals surface area (Å²) in [4.78, 5) is 15.1. The van der Waals surface area contributed by atoms with Crippen molar-refractivity contribution in [2.75, 3.05) is 20.2 Å². The molecule has 0 aromatic heterocycles. The third-order valence-electron chi connectivity index (χ3n) is 5.20. The maximum Gasteiger partial charge on any atom is 0.193 e. The molecule has 0 amide bonds. The fraction of sp³-hybridized carbons (Fsp3) is 0.348. The monoisotopic (exact) mass is 415 g/mol. The first kappa shape index (κ1) is 21.4. The second kappa shape index (κ2) is 9.92. The highest BCUT2D eigenvalue weighted by Gasteiger charge is 2.24. The molecule has 2 aromatic carbocycles. The number of nitrogens with zero attached hydrogens (tertiary/aromatic N) is 1. The minimum atomic E-state index is -0.372. The molecule has 0 atom stereocenters. The molecule has 5 nitrogen and oxygen atoms in total. The van der Waals surface area contributed by atoms with Crippen molar-refractivity contribution in [2.45, 2.75) is 32.4 Å². The van der Waals surface area contributed by atoms with Gasteiger partial charge in [0.25, 0.3) is 0 Å². The summed E-state index contributed by atoms with van der Waals surface area (Å²) >= 11 is 5.99. The Morgan fingerprint density at radius 1 is 1.24 bits per heavy atom. The maximum atomic E-state index is 12.9. The molecule has 0 unspecified atom stereocenters. The van der Waals surface area contributed by atoms with E-state index in [0.29, 0.717) is 22.7 Å². The van der Waals surface area contributed by atoms with Crippen LogP contribution in [0.15, 0.2) is 36.4 Å². The number of aromatic hydroxyl groups is 1. The Hall–Kier alpha value is -2.34. The van der Waals surface area contributed by atoms with E-state index >= 15 is 0 Å². The van der Waals surface area contributed by atoms with Gasteiger partial charge < -0.3 is 14.9 Å². The number of carbonyl (C=O) groups is 1. The molecule has 3 rings (SSSR count). The molecule has 0 spiro atoms. The highest BCUT2D eigenvalue weighted by atomic mass is 35.5. The molecule has 2 N–H and O–H groups in total. The van der Waals surface area contributed by atoms with E-state index < -0.39 is 0 Å². The lowest BCUT2D eigenvalue weighted by Crippen LogP contribution is -2.29. The zero-order chi connectivity index (χ0) is 20.8. The summed E-state index contributed by atoms with van der Waals surface area (Å²) < 4.78 is 5.35. The first-order valence-corrected chi connectivity index (χ1v) is 10.1. The number of ether oxygens (including phenoxy) is 1. The quantitative estimate of drug-likeness (QED) is 0.517. The van der Waals surface area contributed by atoms with Gasteiger partial charge in [-0.1, -0.05) is 36.2 Å². The second-order valence-electron chi connectivity index (χ2n) is 7.19. The number of benzene rings is 2. The minimum absolute atomic E-state index is 0.106. The number of piperidine rings is 1. The van der Waals surface area contributed by atoms with Gasteiger partial charge in [-0.2, -0.15) is 0 Å². The van der Waals surface area contributed by atoms with Crippen molar-refractivity contribution in [2.24, 2.45) is 0 Å². The first-order valence-electron chi connectivity index (χ1n) is 9.76. The summed E-state index contributed by atoms with van der Waals surface area (Å²) in [5, 5.41) is 21.3. The Morgan fingerprint density at radius 3 is 2.66 bits per heavy atom. The van der Waals surface area contributed by atoms with Crippen molar-refractivity contribution in [3.05, 3.63) is 63.7 Å². The Morgan fingerprint density at radius 2 is 2.00 bits per heavy atom. The van der Waals surface area contributed by atoms with E-state index in [-0.39, 0.29) is 29.5 Å². The lowest BCUT2D eigenvalue weighted by atomic mass is 9.97. The zero-order valence-electron chi connectivity index (χ0n) is 16.5. The van der Waals surface area contributed by atoms with Crippen LogP contribution in [0.4, 0.5) is 0 Å². The number of methoxy groups -OCH3 is 1. The molecule has 29 heavy (non-hydrogen) atoms. The third-order valence-corrected chi connectivity index (χ3v) is 5.44. The van der Waals surface area contributed by atoms with Crippen LogP contribution < -0.4 is 4.74 Å². The van der Waals surface area contributed by atoms with E-state index in [0.717, 1.165) is 31.5 Å². The molecule has 0 radical (unpaired) electrons. The average Bonchev–Trinajstić information content (AvgIpc) is 2.74. The standard InChI is InChI=1S/C23H26ClNO4/c1-29-21-13-17(15-26)19(14-25-10-3-2-4-11-25)23(28)22(21)20(27)9-8-16-6-5-7-18(24)12-16/h5-9,12-13,26,28H,2-4,10-11,14-15H2,1H3. The molecule has 0 aliphatic carbocycles. The number of ketones is 1. The minimum Gasteiger partial charge on any atom is -0.507 e. The summed E-state index contributed by atoms with van der Waals surface area (Å²) in [6.45, 7) is 2.13. The smallest absolute Gasteiger partial charge is 0.193 e. The van der Waals surface area contributed by atoms with Gasteiger partial charge in [0.1, 0.15) is 17.1 Å². The number of hydrogen-bond acceptors (Lipinski definition) is 5. The summed E-state index contributed by atoms with van der Waals surface area (Å²) in [6.07, 6.45) is 6.47. The molecule has 1 aliphatic rings. The number of phenolic OH excluding ortho intramolecular Hbond substituents is 1. The molecule has 0 bridgehead atoms. The number of hydrogen-bond donors (Lipinski definition) is 2. The van der Waals surface area contributed by atoms with Crippen LogP contribution in [0.2, 0.25) is 5.02 Å². The number of rotatable bonds is 7. The van der Waals surface area contributed by atoms with Gasteiger partial charge in [0.2, 0.25) is 0 Å². The largest absolute Gasteiger partial charge is 0.507 e. The lowest BCUT2D eigenvalue weighted by molar-refractivity contribution is 0.104. The van der Waals surface area contributed by atoms with Crippen LogP contribution >= 0.6 is 11.6 Å². The SMILES string of the molecule is COc1cc(CO)c(CN2CCCCC2)c(O)c1C(=O)C=Cc1cccc(Cl)c1. The molecule has 6 heteroatoms. The van der Waals surface area contributed by atoms with Gasteiger partial charge in [-0.3, -0.25) is 9.69 Å². The Labute approximate surface area is 176 Å². The fourth-order valence-electron chi connectivity index (χ4n) is 3.66. The van der Waals surface area contributed by atoms with Gasteiger partial charge >= 0.3 is 0 Å². The normalized spacial score (nSPS) is 15.0. The topological polar surface area (TPSA) is 70.0 Å². The highest BCUT2D eigenvalue weighted by molar-refractivity contribution is 6.30. The third kappa shape index (κ3) is 5.18. The van der Waals surface area contributed by atoms with E-state index in [4.69, 9.17) is 16.3 Å². The number of aliphatic hydroxyl groups is 1. The van der Waals surface area contributed by atoms with E-state index in [1.165, 1.54) is 19.6 Å². The van der Waals surface area contributed by atoms with Crippen LogP contribution in [-0.2, 0) is 13.2 Å². The number of carbonyl (C=O) groups excluding carboxylic acids is 1. The first-order chi connectivity index (χ1) is 14.0. The molecule has 1 aliphatic heterocycles. The predicted octanol–water partition coefficient (Wildman–Crippen LogP) is 4.43. The van der Waals surface area contributed by atoms with Gasteiger partial charge in [-0.05, 0) is 61.3 Å². The summed E-state index contributed by atoms with van der Waals surface area (Å²) in [5.41, 5.74) is 2.04. The average molecular weight is 416 g/mol. The van der Waals surface area contributed by atoms with E-state index in [1.54, 1.807) is 30.3 Å². The van der Waals surface area contributed by atoms with Crippen LogP contribution in [0.25, 0.3) is 6.08 Å². The van der Waals surface area contributed by atoms with Crippen molar-refractivity contribution in [1.82, 2.24) is 4.90 Å². The number of halogens is 1. The van der Waals surface area contributed by atoms with E-state index in [9.17, 15) is 15.0 Å². The second-order valence-corrected chi connectivity index (χ2v) is 7.62.